The highest BCUT2D eigenvalue weighted by Crippen LogP contribution is 2.36. The van der Waals surface area contributed by atoms with Crippen molar-refractivity contribution in [3.8, 4) is 0 Å². The van der Waals surface area contributed by atoms with Gasteiger partial charge in [0.1, 0.15) is 0 Å². The van der Waals surface area contributed by atoms with Gasteiger partial charge in [0.15, 0.2) is 0 Å². The molecule has 1 N–H and O–H groups in total. The Balaban J connectivity index is 1.88. The van der Waals surface area contributed by atoms with Gasteiger partial charge in [-0.2, -0.15) is 11.8 Å². The van der Waals surface area contributed by atoms with Crippen LogP contribution in [0.2, 0.25) is 0 Å². The van der Waals surface area contributed by atoms with Crippen LogP contribution < -0.4 is 5.32 Å². The van der Waals surface area contributed by atoms with Crippen molar-refractivity contribution in [2.45, 2.75) is 57.7 Å². The van der Waals surface area contributed by atoms with Crippen LogP contribution in [0.4, 0.5) is 0 Å². The van der Waals surface area contributed by atoms with E-state index in [0.717, 1.165) is 25.8 Å². The molecular weight excluding hydrogens is 232 g/mol. The summed E-state index contributed by atoms with van der Waals surface area (Å²) in [5.41, 5.74) is -0.183. The van der Waals surface area contributed by atoms with Gasteiger partial charge in [-0.1, -0.05) is 19.8 Å². The van der Waals surface area contributed by atoms with Gasteiger partial charge in [0.25, 0.3) is 0 Å². The van der Waals surface area contributed by atoms with Gasteiger partial charge in [-0.15, -0.1) is 0 Å². The summed E-state index contributed by atoms with van der Waals surface area (Å²) in [5, 5.41) is 3.54. The minimum atomic E-state index is -0.183. The Kier molecular flexibility index (Phi) is 4.36. The number of amides is 1. The summed E-state index contributed by atoms with van der Waals surface area (Å²) in [4.78, 5) is 14.5. The van der Waals surface area contributed by atoms with Gasteiger partial charge in [0.2, 0.25) is 5.91 Å². The van der Waals surface area contributed by atoms with Crippen LogP contribution in [-0.2, 0) is 4.79 Å². The summed E-state index contributed by atoms with van der Waals surface area (Å²) < 4.78 is 0. The Morgan fingerprint density at radius 1 is 1.47 bits per heavy atom. The van der Waals surface area contributed by atoms with Crippen molar-refractivity contribution < 1.29 is 4.79 Å². The fourth-order valence-electron chi connectivity index (χ4n) is 3.10. The predicted molar refractivity (Wildman–Crippen MR) is 73.1 cm³/mol. The molecule has 1 heterocycles. The molecule has 0 aromatic rings. The van der Waals surface area contributed by atoms with E-state index in [2.05, 4.69) is 24.1 Å². The Morgan fingerprint density at radius 3 is 2.82 bits per heavy atom. The Bertz CT molecular complexity index is 277. The Morgan fingerprint density at radius 2 is 2.18 bits per heavy atom. The summed E-state index contributed by atoms with van der Waals surface area (Å²) in [6.07, 6.45) is 5.82. The van der Waals surface area contributed by atoms with E-state index in [1.54, 1.807) is 0 Å². The SMILES string of the molecule is CCSCCCN1C(=O)C2(CCCC2)NC1C. The molecule has 1 aliphatic carbocycles. The summed E-state index contributed by atoms with van der Waals surface area (Å²) in [6.45, 7) is 5.23. The van der Waals surface area contributed by atoms with Crippen LogP contribution in [0.5, 0.6) is 0 Å². The highest BCUT2D eigenvalue weighted by atomic mass is 32.2. The third-order valence-corrected chi connectivity index (χ3v) is 4.96. The van der Waals surface area contributed by atoms with E-state index in [0.29, 0.717) is 5.91 Å². The highest BCUT2D eigenvalue weighted by molar-refractivity contribution is 7.99. The number of rotatable bonds is 5. The molecule has 2 aliphatic rings. The first-order valence-electron chi connectivity index (χ1n) is 6.86. The molecule has 1 saturated carbocycles. The molecule has 0 aromatic carbocycles. The van der Waals surface area contributed by atoms with Crippen molar-refractivity contribution in [1.82, 2.24) is 10.2 Å². The van der Waals surface area contributed by atoms with Crippen LogP contribution in [-0.4, -0.2) is 40.6 Å². The Labute approximate surface area is 109 Å². The van der Waals surface area contributed by atoms with Crippen LogP contribution in [0.25, 0.3) is 0 Å². The molecule has 4 heteroatoms. The second kappa shape index (κ2) is 5.61. The predicted octanol–water partition coefficient (Wildman–Crippen LogP) is 2.22. The molecule has 2 rings (SSSR count). The zero-order chi connectivity index (χ0) is 12.3. The number of carbonyl (C=O) groups is 1. The lowest BCUT2D eigenvalue weighted by molar-refractivity contribution is -0.133. The van der Waals surface area contributed by atoms with E-state index in [9.17, 15) is 4.79 Å². The first-order valence-corrected chi connectivity index (χ1v) is 8.01. The third-order valence-electron chi connectivity index (χ3n) is 3.97. The van der Waals surface area contributed by atoms with Gasteiger partial charge in [0, 0.05) is 6.54 Å². The third kappa shape index (κ3) is 2.63. The second-order valence-electron chi connectivity index (χ2n) is 5.16. The Hall–Kier alpha value is -0.220. The quantitative estimate of drug-likeness (QED) is 0.766. The fourth-order valence-corrected chi connectivity index (χ4v) is 3.73. The van der Waals surface area contributed by atoms with Gasteiger partial charge >= 0.3 is 0 Å². The van der Waals surface area contributed by atoms with E-state index < -0.39 is 0 Å². The number of nitrogens with zero attached hydrogens (tertiary/aromatic N) is 1. The molecule has 3 nitrogen and oxygen atoms in total. The van der Waals surface area contributed by atoms with Crippen LogP contribution in [0.15, 0.2) is 0 Å². The largest absolute Gasteiger partial charge is 0.326 e. The second-order valence-corrected chi connectivity index (χ2v) is 6.55. The molecule has 0 bridgehead atoms. The van der Waals surface area contributed by atoms with Crippen molar-refractivity contribution in [1.29, 1.82) is 0 Å². The molecule has 1 spiro atoms. The van der Waals surface area contributed by atoms with E-state index in [4.69, 9.17) is 0 Å². The molecule has 98 valence electrons. The molecule has 1 unspecified atom stereocenters. The molecule has 2 fully saturated rings. The molecule has 1 amide bonds. The maximum Gasteiger partial charge on any atom is 0.244 e. The average molecular weight is 256 g/mol. The van der Waals surface area contributed by atoms with Crippen molar-refractivity contribution in [3.63, 3.8) is 0 Å². The molecule has 0 radical (unpaired) electrons. The summed E-state index contributed by atoms with van der Waals surface area (Å²) in [6, 6.07) is 0. The molecule has 17 heavy (non-hydrogen) atoms. The van der Waals surface area contributed by atoms with Gasteiger partial charge < -0.3 is 4.90 Å². The van der Waals surface area contributed by atoms with Crippen LogP contribution in [0, 0.1) is 0 Å². The number of thioether (sulfide) groups is 1. The topological polar surface area (TPSA) is 32.3 Å². The fraction of sp³-hybridized carbons (Fsp3) is 0.923. The minimum absolute atomic E-state index is 0.183. The van der Waals surface area contributed by atoms with E-state index in [1.165, 1.54) is 24.3 Å². The number of nitrogens with one attached hydrogen (secondary N) is 1. The van der Waals surface area contributed by atoms with Gasteiger partial charge in [-0.25, -0.2) is 0 Å². The van der Waals surface area contributed by atoms with Crippen LogP contribution in [0.1, 0.15) is 46.0 Å². The van der Waals surface area contributed by atoms with E-state index >= 15 is 0 Å². The molecular formula is C13H24N2OS. The lowest BCUT2D eigenvalue weighted by atomic mass is 9.98. The van der Waals surface area contributed by atoms with Crippen LogP contribution in [0.3, 0.4) is 0 Å². The summed E-state index contributed by atoms with van der Waals surface area (Å²) >= 11 is 1.96. The lowest BCUT2D eigenvalue weighted by Gasteiger charge is -2.22. The standard InChI is InChI=1S/C13H24N2OS/c1-3-17-10-6-9-15-11(2)14-13(12(15)16)7-4-5-8-13/h11,14H,3-10H2,1-2H3. The van der Waals surface area contributed by atoms with E-state index in [1.807, 2.05) is 11.8 Å². The normalized spacial score (nSPS) is 27.3. The summed E-state index contributed by atoms with van der Waals surface area (Å²) in [7, 11) is 0. The number of carbonyl (C=O) groups excluding carboxylic acids is 1. The maximum absolute atomic E-state index is 12.5. The average Bonchev–Trinajstić information content (AvgIpc) is 2.85. The van der Waals surface area contributed by atoms with Gasteiger partial charge in [-0.3, -0.25) is 10.1 Å². The summed E-state index contributed by atoms with van der Waals surface area (Å²) in [5.74, 6) is 2.70. The van der Waals surface area contributed by atoms with Crippen molar-refractivity contribution in [2.75, 3.05) is 18.1 Å². The molecule has 1 atom stereocenters. The maximum atomic E-state index is 12.5. The molecule has 1 aliphatic heterocycles. The van der Waals surface area contributed by atoms with Crippen LogP contribution >= 0.6 is 11.8 Å². The van der Waals surface area contributed by atoms with Crippen molar-refractivity contribution in [3.05, 3.63) is 0 Å². The molecule has 1 saturated heterocycles. The first kappa shape index (κ1) is 13.2. The monoisotopic (exact) mass is 256 g/mol. The zero-order valence-electron chi connectivity index (χ0n) is 11.0. The minimum Gasteiger partial charge on any atom is -0.326 e. The highest BCUT2D eigenvalue weighted by Gasteiger charge is 2.50. The number of hydrogen-bond donors (Lipinski definition) is 1. The van der Waals surface area contributed by atoms with Gasteiger partial charge in [0.05, 0.1) is 11.7 Å². The van der Waals surface area contributed by atoms with Crippen molar-refractivity contribution >= 4 is 17.7 Å². The first-order chi connectivity index (χ1) is 8.19. The molecule has 0 aromatic heterocycles. The van der Waals surface area contributed by atoms with Gasteiger partial charge in [-0.05, 0) is 37.7 Å². The smallest absolute Gasteiger partial charge is 0.244 e. The lowest BCUT2D eigenvalue weighted by Crippen LogP contribution is -2.44. The zero-order valence-corrected chi connectivity index (χ0v) is 11.8. The number of hydrogen-bond acceptors (Lipinski definition) is 3. The van der Waals surface area contributed by atoms with Crippen molar-refractivity contribution in [2.24, 2.45) is 0 Å². The van der Waals surface area contributed by atoms with E-state index in [-0.39, 0.29) is 11.7 Å².